The van der Waals surface area contributed by atoms with Crippen LogP contribution in [0.1, 0.15) is 25.8 Å². The van der Waals surface area contributed by atoms with Crippen LogP contribution in [0.5, 0.6) is 17.2 Å². The van der Waals surface area contributed by atoms with Gasteiger partial charge in [0.1, 0.15) is 29.4 Å². The Kier molecular flexibility index (Phi) is 13.6. The molecule has 266 valence electrons. The number of carbonyl (C=O) groups excluding carboxylic acids is 1. The number of ether oxygens (including phenoxy) is 2. The number of para-hydroxylation sites is 1. The van der Waals surface area contributed by atoms with Crippen molar-refractivity contribution in [2.24, 2.45) is 0 Å². The first-order chi connectivity index (χ1) is 24.2. The van der Waals surface area contributed by atoms with Crippen LogP contribution in [0.4, 0.5) is 17.1 Å². The number of hydrogen-bond donors (Lipinski definition) is 6. The number of carboxylic acids is 3. The summed E-state index contributed by atoms with van der Waals surface area (Å²) < 4.78 is 11.6. The number of carbonyl (C=O) groups is 4. The van der Waals surface area contributed by atoms with Gasteiger partial charge in [-0.15, -0.1) is 0 Å². The number of fused-ring (bicyclic) bond motifs is 1. The molecule has 1 amide bonds. The number of benzene rings is 3. The van der Waals surface area contributed by atoms with E-state index in [0.29, 0.717) is 45.9 Å². The first-order valence-corrected chi connectivity index (χ1v) is 15.3. The van der Waals surface area contributed by atoms with Gasteiger partial charge in [-0.2, -0.15) is 5.26 Å². The van der Waals surface area contributed by atoms with E-state index in [1.165, 1.54) is 26.4 Å². The number of hydrogen-bond acceptors (Lipinski definition) is 11. The lowest BCUT2D eigenvalue weighted by Crippen LogP contribution is -2.60. The molecule has 1 aromatic heterocycles. The molecule has 2 unspecified atom stereocenters. The van der Waals surface area contributed by atoms with Crippen LogP contribution >= 0.6 is 0 Å². The predicted molar refractivity (Wildman–Crippen MR) is 187 cm³/mol. The van der Waals surface area contributed by atoms with Crippen molar-refractivity contribution in [3.05, 3.63) is 90.6 Å². The summed E-state index contributed by atoms with van der Waals surface area (Å²) in [6.07, 6.45) is 3.41. The van der Waals surface area contributed by atoms with Crippen molar-refractivity contribution in [2.75, 3.05) is 31.3 Å². The molecule has 0 aliphatic rings. The topological polar surface area (TPSA) is 232 Å². The van der Waals surface area contributed by atoms with Crippen LogP contribution < -0.4 is 20.1 Å². The van der Waals surface area contributed by atoms with Crippen molar-refractivity contribution in [3.63, 3.8) is 0 Å². The number of nitrogens with one attached hydrogen (secondary N) is 2. The highest BCUT2D eigenvalue weighted by molar-refractivity contribution is 6.04. The lowest BCUT2D eigenvalue weighted by atomic mass is 9.89. The number of nitriles is 1. The summed E-state index contributed by atoms with van der Waals surface area (Å²) in [5.74, 6) is -3.44. The fourth-order valence-electron chi connectivity index (χ4n) is 4.89. The number of aliphatic carboxylic acids is 3. The summed E-state index contributed by atoms with van der Waals surface area (Å²) in [6, 6.07) is 20.8. The average Bonchev–Trinajstić information content (AvgIpc) is 3.06. The Bertz CT molecular complexity index is 1940. The Morgan fingerprint density at radius 2 is 1.67 bits per heavy atom. The molecule has 0 bridgehead atoms. The number of nitrogens with zero attached hydrogens (tertiary/aromatic N) is 3. The molecule has 0 saturated heterocycles. The number of allylic oxidation sites excluding steroid dienone is 1. The molecule has 15 nitrogen and oxygen atoms in total. The molecule has 0 aliphatic carbocycles. The normalized spacial score (nSPS) is 12.5. The second-order valence-corrected chi connectivity index (χ2v) is 11.0. The standard InChI is InChI=1S/C28H24N4O3.C8H13NO7/c1-3-8-27(33)32-25-15-23-24(16-26(25)34-4-2)30-18-19(17-29)28(23)31-20-11-13-22(14-12-20)35-21-9-6-5-7-10-21;1-9(2)5(6(12)13)8(16,7(14)15)3-4(10)11/h3,5-16,18H,4H2,1-2H3,(H,30,31)(H,32,33);5,16H,3H2,1-2H3,(H,10,11)(H,12,13)(H,14,15)/b8-3+;. The zero-order chi connectivity index (χ0) is 37.7. The molecule has 2 atom stereocenters. The van der Waals surface area contributed by atoms with Gasteiger partial charge in [0.15, 0.2) is 5.60 Å². The highest BCUT2D eigenvalue weighted by atomic mass is 16.5. The monoisotopic (exact) mass is 699 g/mol. The van der Waals surface area contributed by atoms with E-state index in [0.717, 1.165) is 16.3 Å². The minimum atomic E-state index is -2.87. The van der Waals surface area contributed by atoms with Gasteiger partial charge >= 0.3 is 17.9 Å². The minimum Gasteiger partial charge on any atom is -0.492 e. The predicted octanol–water partition coefficient (Wildman–Crippen LogP) is 4.85. The third-order valence-corrected chi connectivity index (χ3v) is 7.06. The van der Waals surface area contributed by atoms with E-state index in [-0.39, 0.29) is 5.91 Å². The molecule has 51 heavy (non-hydrogen) atoms. The van der Waals surface area contributed by atoms with Crippen LogP contribution in [0, 0.1) is 11.3 Å². The van der Waals surface area contributed by atoms with E-state index in [9.17, 15) is 29.5 Å². The number of carboxylic acid groups (broad SMARTS) is 3. The first-order valence-electron chi connectivity index (χ1n) is 15.3. The summed E-state index contributed by atoms with van der Waals surface area (Å²) in [5, 5.41) is 52.2. The summed E-state index contributed by atoms with van der Waals surface area (Å²) in [6.45, 7) is 4.06. The van der Waals surface area contributed by atoms with Gasteiger partial charge in [0, 0.05) is 23.3 Å². The van der Waals surface area contributed by atoms with E-state index in [4.69, 9.17) is 24.8 Å². The number of rotatable bonds is 14. The number of pyridine rings is 1. The summed E-state index contributed by atoms with van der Waals surface area (Å²) >= 11 is 0. The molecular formula is C36H37N5O10. The van der Waals surface area contributed by atoms with Gasteiger partial charge in [0.2, 0.25) is 5.91 Å². The summed E-state index contributed by atoms with van der Waals surface area (Å²) in [4.78, 5) is 49.6. The second-order valence-electron chi connectivity index (χ2n) is 11.0. The molecule has 6 N–H and O–H groups in total. The molecular weight excluding hydrogens is 662 g/mol. The lowest BCUT2D eigenvalue weighted by Gasteiger charge is -2.32. The zero-order valence-corrected chi connectivity index (χ0v) is 28.2. The third-order valence-electron chi connectivity index (χ3n) is 7.06. The number of aliphatic hydroxyl groups is 1. The van der Waals surface area contributed by atoms with Crippen molar-refractivity contribution in [3.8, 4) is 23.3 Å². The Morgan fingerprint density at radius 1 is 1.02 bits per heavy atom. The number of anilines is 3. The van der Waals surface area contributed by atoms with Gasteiger partial charge in [-0.05, 0) is 76.5 Å². The SMILES string of the molecule is C/C=C/C(=O)Nc1cc2c(Nc3ccc(Oc4ccccc4)cc3)c(C#N)cnc2cc1OCC.CN(C)C(C(=O)O)C(O)(CC(=O)O)C(=O)O. The van der Waals surface area contributed by atoms with Crippen LogP contribution in [-0.2, 0) is 19.2 Å². The van der Waals surface area contributed by atoms with E-state index < -0.39 is 36.0 Å². The van der Waals surface area contributed by atoms with Crippen molar-refractivity contribution < 1.29 is 49.1 Å². The number of aromatic nitrogens is 1. The van der Waals surface area contributed by atoms with E-state index in [1.54, 1.807) is 25.1 Å². The molecule has 0 aliphatic heterocycles. The Labute approximate surface area is 293 Å². The fourth-order valence-corrected chi connectivity index (χ4v) is 4.89. The quantitative estimate of drug-likeness (QED) is 0.0967. The van der Waals surface area contributed by atoms with Gasteiger partial charge in [-0.1, -0.05) is 24.3 Å². The first kappa shape index (κ1) is 38.9. The molecule has 0 spiro atoms. The van der Waals surface area contributed by atoms with Gasteiger partial charge in [-0.25, -0.2) is 4.79 Å². The molecule has 1 heterocycles. The van der Waals surface area contributed by atoms with Gasteiger partial charge in [0.05, 0.1) is 35.5 Å². The van der Waals surface area contributed by atoms with Crippen LogP contribution in [0.25, 0.3) is 10.9 Å². The van der Waals surface area contributed by atoms with Crippen molar-refractivity contribution >= 4 is 51.8 Å². The maximum Gasteiger partial charge on any atom is 0.338 e. The van der Waals surface area contributed by atoms with Crippen LogP contribution in [-0.4, -0.2) is 86.5 Å². The second kappa shape index (κ2) is 17.8. The van der Waals surface area contributed by atoms with Crippen molar-refractivity contribution in [1.29, 1.82) is 5.26 Å². The maximum absolute atomic E-state index is 12.2. The van der Waals surface area contributed by atoms with Crippen LogP contribution in [0.15, 0.2) is 85.1 Å². The summed E-state index contributed by atoms with van der Waals surface area (Å²) in [5.41, 5.74) is -0.0307. The lowest BCUT2D eigenvalue weighted by molar-refractivity contribution is -0.179. The minimum absolute atomic E-state index is 0.277. The number of likely N-dealkylation sites (N-methyl/N-ethyl adjacent to an activating group) is 1. The van der Waals surface area contributed by atoms with E-state index >= 15 is 0 Å². The molecule has 15 heteroatoms. The number of amides is 1. The van der Waals surface area contributed by atoms with Gasteiger partial charge in [0.25, 0.3) is 0 Å². The van der Waals surface area contributed by atoms with Crippen LogP contribution in [0.3, 0.4) is 0 Å². The fraction of sp³-hybridized carbons (Fsp3) is 0.222. The van der Waals surface area contributed by atoms with Gasteiger partial charge < -0.3 is 40.5 Å². The molecule has 4 rings (SSSR count). The maximum atomic E-state index is 12.2. The largest absolute Gasteiger partial charge is 0.492 e. The molecule has 4 aromatic rings. The molecule has 3 aromatic carbocycles. The smallest absolute Gasteiger partial charge is 0.338 e. The van der Waals surface area contributed by atoms with E-state index in [1.807, 2.05) is 61.5 Å². The Hall–Kier alpha value is -6.50. The third kappa shape index (κ3) is 10.2. The Morgan fingerprint density at radius 3 is 2.20 bits per heavy atom. The van der Waals surface area contributed by atoms with E-state index in [2.05, 4.69) is 21.7 Å². The molecule has 0 fully saturated rings. The zero-order valence-electron chi connectivity index (χ0n) is 28.2. The van der Waals surface area contributed by atoms with Crippen LogP contribution in [0.2, 0.25) is 0 Å². The highest BCUT2D eigenvalue weighted by Crippen LogP contribution is 2.36. The van der Waals surface area contributed by atoms with Crippen molar-refractivity contribution in [1.82, 2.24) is 9.88 Å². The summed E-state index contributed by atoms with van der Waals surface area (Å²) in [7, 11) is 2.46. The molecule has 0 saturated carbocycles. The van der Waals surface area contributed by atoms with Crippen molar-refractivity contribution in [2.45, 2.75) is 31.9 Å². The average molecular weight is 700 g/mol. The Balaban J connectivity index is 0.000000371. The molecule has 0 radical (unpaired) electrons. The van der Waals surface area contributed by atoms with Gasteiger partial charge in [-0.3, -0.25) is 24.3 Å². The highest BCUT2D eigenvalue weighted by Gasteiger charge is 2.51.